The maximum absolute atomic E-state index is 13.0. The van der Waals surface area contributed by atoms with Crippen LogP contribution in [0.5, 0.6) is 0 Å². The molecule has 1 saturated carbocycles. The molecule has 3 fully saturated rings. The number of piperidine rings is 1. The molecule has 3 aliphatic heterocycles. The molecule has 0 aromatic heterocycles. The van der Waals surface area contributed by atoms with Crippen molar-refractivity contribution in [2.45, 2.75) is 57.9 Å². The molecular formula is C26H34N4O4S. The second-order valence-electron chi connectivity index (χ2n) is 10.3. The number of aliphatic imine (C=N–C) groups is 1. The van der Waals surface area contributed by atoms with Crippen LogP contribution in [0, 0.1) is 18.8 Å². The first-order chi connectivity index (χ1) is 16.8. The highest BCUT2D eigenvalue weighted by atomic mass is 32.2. The van der Waals surface area contributed by atoms with Gasteiger partial charge in [0.15, 0.2) is 0 Å². The van der Waals surface area contributed by atoms with E-state index < -0.39 is 16.9 Å². The van der Waals surface area contributed by atoms with Crippen molar-refractivity contribution in [3.63, 3.8) is 0 Å². The number of amidine groups is 1. The van der Waals surface area contributed by atoms with Crippen molar-refractivity contribution in [3.8, 4) is 0 Å². The average molecular weight is 499 g/mol. The van der Waals surface area contributed by atoms with E-state index in [0.29, 0.717) is 31.8 Å². The average Bonchev–Trinajstić information content (AvgIpc) is 3.42. The summed E-state index contributed by atoms with van der Waals surface area (Å²) in [5.41, 5.74) is 2.07. The molecule has 2 amide bonds. The quantitative estimate of drug-likeness (QED) is 0.629. The van der Waals surface area contributed by atoms with Crippen molar-refractivity contribution in [1.82, 2.24) is 9.62 Å². The van der Waals surface area contributed by atoms with E-state index in [0.717, 1.165) is 41.4 Å². The van der Waals surface area contributed by atoms with Gasteiger partial charge in [-0.1, -0.05) is 25.8 Å². The number of amides is 2. The Morgan fingerprint density at radius 3 is 2.60 bits per heavy atom. The molecule has 1 atom stereocenters. The largest absolute Gasteiger partial charge is 0.593 e. The first-order valence-corrected chi connectivity index (χ1v) is 13.8. The number of benzene rings is 1. The molecule has 1 spiro atoms. The van der Waals surface area contributed by atoms with Crippen LogP contribution in [0.15, 0.2) is 28.6 Å². The summed E-state index contributed by atoms with van der Waals surface area (Å²) in [6.07, 6.45) is 7.62. The number of rotatable bonds is 5. The van der Waals surface area contributed by atoms with Crippen LogP contribution in [0.1, 0.15) is 56.6 Å². The normalized spacial score (nSPS) is 28.1. The van der Waals surface area contributed by atoms with Crippen LogP contribution in [0.4, 0.5) is 5.69 Å². The predicted octanol–water partition coefficient (Wildman–Crippen LogP) is 3.14. The highest BCUT2D eigenvalue weighted by Crippen LogP contribution is 2.36. The van der Waals surface area contributed by atoms with Gasteiger partial charge < -0.3 is 14.6 Å². The van der Waals surface area contributed by atoms with Gasteiger partial charge in [-0.2, -0.15) is 0 Å². The fourth-order valence-corrected chi connectivity index (χ4v) is 6.45. The Bertz CT molecular complexity index is 1040. The van der Waals surface area contributed by atoms with Gasteiger partial charge in [-0.3, -0.25) is 19.5 Å². The summed E-state index contributed by atoms with van der Waals surface area (Å²) in [6, 6.07) is 5.76. The molecule has 9 heteroatoms. The second kappa shape index (κ2) is 10.0. The molecule has 0 bridgehead atoms. The summed E-state index contributed by atoms with van der Waals surface area (Å²) in [6.45, 7) is 5.79. The highest BCUT2D eigenvalue weighted by molar-refractivity contribution is 7.92. The number of aryl methyl sites for hydroxylation is 1. The van der Waals surface area contributed by atoms with Gasteiger partial charge in [-0.25, -0.2) is 0 Å². The molecule has 2 saturated heterocycles. The lowest BCUT2D eigenvalue weighted by Gasteiger charge is -2.34. The monoisotopic (exact) mass is 498 g/mol. The van der Waals surface area contributed by atoms with E-state index in [4.69, 9.17) is 9.73 Å². The fourth-order valence-electron chi connectivity index (χ4n) is 5.47. The first kappa shape index (κ1) is 24.5. The third-order valence-electron chi connectivity index (χ3n) is 7.88. The number of hydrogen-bond donors (Lipinski definition) is 1. The number of carbonyl (C=O) groups excluding carboxylic acids is 2. The Hall–Kier alpha value is -2.20. The summed E-state index contributed by atoms with van der Waals surface area (Å²) >= 11 is -1.29. The van der Waals surface area contributed by atoms with Crippen LogP contribution in [0.3, 0.4) is 0 Å². The molecular weight excluding hydrogens is 464 g/mol. The van der Waals surface area contributed by atoms with Crippen molar-refractivity contribution in [2.24, 2.45) is 16.8 Å². The smallest absolute Gasteiger partial charge is 0.254 e. The molecule has 1 unspecified atom stereocenters. The van der Waals surface area contributed by atoms with Crippen LogP contribution in [0.25, 0.3) is 6.08 Å². The molecule has 188 valence electrons. The molecule has 1 N–H and O–H groups in total. The molecule has 5 rings (SSSR count). The molecule has 1 aromatic rings. The second-order valence-corrected chi connectivity index (χ2v) is 11.6. The SMILES string of the molecule is Cc1cc(N2COCC2=O)ccc1/C=C/[S+]([O-])N1CCC2(CC1)N=C(C1CCC(C)CC1)NC2=O. The highest BCUT2D eigenvalue weighted by Gasteiger charge is 2.48. The van der Waals surface area contributed by atoms with E-state index >= 15 is 0 Å². The summed E-state index contributed by atoms with van der Waals surface area (Å²) in [5, 5.41) is 4.80. The molecule has 4 aliphatic rings. The predicted molar refractivity (Wildman–Crippen MR) is 137 cm³/mol. The van der Waals surface area contributed by atoms with E-state index in [9.17, 15) is 14.1 Å². The number of nitrogens with one attached hydrogen (secondary N) is 1. The minimum absolute atomic E-state index is 0.0182. The van der Waals surface area contributed by atoms with E-state index in [1.165, 1.54) is 12.8 Å². The number of nitrogens with zero attached hydrogens (tertiary/aromatic N) is 3. The number of hydrogen-bond acceptors (Lipinski definition) is 6. The van der Waals surface area contributed by atoms with E-state index in [1.54, 1.807) is 10.3 Å². The van der Waals surface area contributed by atoms with E-state index in [-0.39, 0.29) is 25.2 Å². The van der Waals surface area contributed by atoms with Gasteiger partial charge in [0.1, 0.15) is 30.1 Å². The zero-order valence-corrected chi connectivity index (χ0v) is 21.3. The van der Waals surface area contributed by atoms with Crippen molar-refractivity contribution in [1.29, 1.82) is 0 Å². The molecule has 3 heterocycles. The number of anilines is 1. The van der Waals surface area contributed by atoms with Gasteiger partial charge in [0, 0.05) is 24.7 Å². The summed E-state index contributed by atoms with van der Waals surface area (Å²) in [7, 11) is 0. The van der Waals surface area contributed by atoms with Crippen LogP contribution >= 0.6 is 0 Å². The Balaban J connectivity index is 1.18. The van der Waals surface area contributed by atoms with Crippen molar-refractivity contribution < 1.29 is 18.9 Å². The minimum atomic E-state index is -1.29. The summed E-state index contributed by atoms with van der Waals surface area (Å²) in [4.78, 5) is 31.3. The van der Waals surface area contributed by atoms with Crippen molar-refractivity contribution in [2.75, 3.05) is 31.3 Å². The van der Waals surface area contributed by atoms with Gasteiger partial charge in [-0.15, -0.1) is 4.31 Å². The molecule has 1 aromatic carbocycles. The maximum Gasteiger partial charge on any atom is 0.254 e. The van der Waals surface area contributed by atoms with Gasteiger partial charge in [-0.05, 0) is 67.9 Å². The van der Waals surface area contributed by atoms with Crippen LogP contribution in [-0.4, -0.2) is 58.5 Å². The van der Waals surface area contributed by atoms with Crippen LogP contribution in [0.2, 0.25) is 0 Å². The topological polar surface area (TPSA) is 97.3 Å². The van der Waals surface area contributed by atoms with Gasteiger partial charge in [0.2, 0.25) is 0 Å². The lowest BCUT2D eigenvalue weighted by atomic mass is 9.82. The standard InChI is InChI=1S/C26H34N4O4S/c1-18-3-5-21(6-4-18)24-27-25(32)26(28-24)10-12-29(13-11-26)35(33)14-9-20-7-8-22(15-19(20)2)30-17-34-16-23(30)31/h7-9,14-15,18,21H,3-6,10-13,16-17H2,1-2H3,(H,27,28,32)/b14-9+. The zero-order chi connectivity index (χ0) is 24.6. The Labute approximate surface area is 210 Å². The zero-order valence-electron chi connectivity index (χ0n) is 20.5. The van der Waals surface area contributed by atoms with E-state index in [2.05, 4.69) is 12.2 Å². The van der Waals surface area contributed by atoms with Crippen molar-refractivity contribution in [3.05, 3.63) is 34.7 Å². The lowest BCUT2D eigenvalue weighted by molar-refractivity contribution is -0.125. The Kier molecular flexibility index (Phi) is 7.03. The maximum atomic E-state index is 13.0. The van der Waals surface area contributed by atoms with Gasteiger partial charge >= 0.3 is 0 Å². The van der Waals surface area contributed by atoms with Gasteiger partial charge in [0.05, 0.1) is 11.4 Å². The minimum Gasteiger partial charge on any atom is -0.593 e. The van der Waals surface area contributed by atoms with Crippen LogP contribution in [-0.2, 0) is 25.7 Å². The Morgan fingerprint density at radius 2 is 1.94 bits per heavy atom. The number of carbonyl (C=O) groups is 2. The molecule has 0 radical (unpaired) electrons. The summed E-state index contributed by atoms with van der Waals surface area (Å²) < 4.78 is 20.1. The molecule has 8 nitrogen and oxygen atoms in total. The first-order valence-electron chi connectivity index (χ1n) is 12.6. The van der Waals surface area contributed by atoms with E-state index in [1.807, 2.05) is 35.5 Å². The molecule has 1 aliphatic carbocycles. The Morgan fingerprint density at radius 1 is 1.20 bits per heavy atom. The lowest BCUT2D eigenvalue weighted by Crippen LogP contribution is -2.50. The third-order valence-corrected chi connectivity index (χ3v) is 9.12. The molecule has 35 heavy (non-hydrogen) atoms. The fraction of sp³-hybridized carbons (Fsp3) is 0.577. The summed E-state index contributed by atoms with van der Waals surface area (Å²) in [5.74, 6) is 1.99. The van der Waals surface area contributed by atoms with Crippen molar-refractivity contribution >= 4 is 40.8 Å². The third kappa shape index (κ3) is 5.05. The van der Waals surface area contributed by atoms with Crippen LogP contribution < -0.4 is 10.2 Å². The van der Waals surface area contributed by atoms with Gasteiger partial charge in [0.25, 0.3) is 11.8 Å². The number of ether oxygens (including phenoxy) is 1.